The Labute approximate surface area is 184 Å². The summed E-state index contributed by atoms with van der Waals surface area (Å²) in [6.07, 6.45) is 0. The highest BCUT2D eigenvalue weighted by atomic mass is 79.9. The van der Waals surface area contributed by atoms with Crippen molar-refractivity contribution in [3.63, 3.8) is 0 Å². The number of hydrogen-bond acceptors (Lipinski definition) is 2. The predicted molar refractivity (Wildman–Crippen MR) is 126 cm³/mol. The molecule has 4 rings (SSSR count). The lowest BCUT2D eigenvalue weighted by molar-refractivity contribution is 0.929. The molecule has 0 radical (unpaired) electrons. The lowest BCUT2D eigenvalue weighted by Gasteiger charge is -2.21. The van der Waals surface area contributed by atoms with Crippen LogP contribution in [0.15, 0.2) is 66.7 Å². The molecule has 0 saturated carbocycles. The van der Waals surface area contributed by atoms with Crippen molar-refractivity contribution in [3.8, 4) is 22.5 Å². The van der Waals surface area contributed by atoms with E-state index < -0.39 is 0 Å². The summed E-state index contributed by atoms with van der Waals surface area (Å²) < 4.78 is 2.16. The molecule has 2 aromatic carbocycles. The van der Waals surface area contributed by atoms with Crippen molar-refractivity contribution in [2.45, 2.75) is 0 Å². The van der Waals surface area contributed by atoms with Gasteiger partial charge in [-0.25, -0.2) is 0 Å². The van der Waals surface area contributed by atoms with Crippen LogP contribution in [0.1, 0.15) is 0 Å². The second kappa shape index (κ2) is 8.84. The molecule has 2 aliphatic rings. The molecular formula is C20H20Br3N3. The summed E-state index contributed by atoms with van der Waals surface area (Å²) in [6.45, 7) is 0. The van der Waals surface area contributed by atoms with Gasteiger partial charge in [0.25, 0.3) is 0 Å². The van der Waals surface area contributed by atoms with E-state index in [9.17, 15) is 0 Å². The zero-order valence-corrected chi connectivity index (χ0v) is 19.2. The first-order valence-electron chi connectivity index (χ1n) is 7.57. The number of nitrogen functional groups attached to an aromatic ring is 1. The number of nitrogens with one attached hydrogen (secondary N) is 1. The Balaban J connectivity index is 0.00000113. The van der Waals surface area contributed by atoms with Gasteiger partial charge in [0.2, 0.25) is 0 Å². The first kappa shape index (κ1) is 22.4. The summed E-state index contributed by atoms with van der Waals surface area (Å²) in [4.78, 5) is 0. The molecule has 0 amide bonds. The van der Waals surface area contributed by atoms with Gasteiger partial charge >= 0.3 is 0 Å². The zero-order chi connectivity index (χ0) is 16.0. The number of rotatable bonds is 1. The Hall–Kier alpha value is -1.63. The number of nitrogens with two attached hydrogens (primary N) is 1. The van der Waals surface area contributed by atoms with Gasteiger partial charge in [0.15, 0.2) is 0 Å². The molecule has 6 heteroatoms. The molecule has 0 atom stereocenters. The number of nitrogens with zero attached hydrogens (tertiary/aromatic N) is 1. The van der Waals surface area contributed by atoms with Crippen molar-refractivity contribution in [1.29, 1.82) is 5.41 Å². The van der Waals surface area contributed by atoms with E-state index in [1.807, 2.05) is 55.6 Å². The van der Waals surface area contributed by atoms with E-state index in [-0.39, 0.29) is 50.9 Å². The summed E-state index contributed by atoms with van der Waals surface area (Å²) in [5.74, 6) is 0. The van der Waals surface area contributed by atoms with Crippen LogP contribution in [0.25, 0.3) is 33.3 Å². The third-order valence-electron chi connectivity index (χ3n) is 4.33. The van der Waals surface area contributed by atoms with Gasteiger partial charge < -0.3 is 15.7 Å². The fourth-order valence-corrected chi connectivity index (χ4v) is 3.28. The molecule has 0 fully saturated rings. The van der Waals surface area contributed by atoms with Gasteiger partial charge in [0.05, 0.1) is 16.7 Å². The van der Waals surface area contributed by atoms with Crippen LogP contribution in [0.5, 0.6) is 0 Å². The minimum Gasteiger partial charge on any atom is -0.399 e. The van der Waals surface area contributed by atoms with E-state index in [1.165, 1.54) is 0 Å². The van der Waals surface area contributed by atoms with Gasteiger partial charge in [-0.1, -0.05) is 42.5 Å². The van der Waals surface area contributed by atoms with Crippen LogP contribution in [0.3, 0.4) is 0 Å². The lowest BCUT2D eigenvalue weighted by Crippen LogP contribution is -2.08. The van der Waals surface area contributed by atoms with E-state index in [2.05, 4.69) is 22.8 Å². The molecule has 0 spiro atoms. The number of pyridine rings is 1. The number of aromatic nitrogens is 1. The van der Waals surface area contributed by atoms with Gasteiger partial charge in [0, 0.05) is 23.7 Å². The third kappa shape index (κ3) is 3.72. The first-order chi connectivity index (χ1) is 11.1. The minimum absolute atomic E-state index is 0. The number of halogens is 3. The smallest absolute Gasteiger partial charge is 0.0562 e. The Kier molecular flexibility index (Phi) is 7.62. The molecule has 1 heterocycles. The molecule has 3 N–H and O–H groups in total. The van der Waals surface area contributed by atoms with Crippen LogP contribution in [0.2, 0.25) is 0 Å². The molecule has 2 aromatic rings. The normalized spacial score (nSPS) is 9.88. The monoisotopic (exact) mass is 539 g/mol. The number of benzene rings is 3. The van der Waals surface area contributed by atoms with E-state index in [0.29, 0.717) is 5.36 Å². The van der Waals surface area contributed by atoms with Crippen molar-refractivity contribution in [1.82, 2.24) is 4.57 Å². The topological polar surface area (TPSA) is 54.8 Å². The first-order valence-corrected chi connectivity index (χ1v) is 7.57. The summed E-state index contributed by atoms with van der Waals surface area (Å²) in [5.41, 5.74) is 11.3. The highest BCUT2D eigenvalue weighted by molar-refractivity contribution is 8.93. The molecule has 26 heavy (non-hydrogen) atoms. The maximum atomic E-state index is 7.96. The van der Waals surface area contributed by atoms with Gasteiger partial charge in [0.1, 0.15) is 0 Å². The number of anilines is 1. The zero-order valence-electron chi connectivity index (χ0n) is 14.1. The summed E-state index contributed by atoms with van der Waals surface area (Å²) >= 11 is 0. The van der Waals surface area contributed by atoms with Crippen molar-refractivity contribution in [3.05, 3.63) is 72.1 Å². The van der Waals surface area contributed by atoms with E-state index >= 15 is 0 Å². The Morgan fingerprint density at radius 2 is 1.50 bits per heavy atom. The molecule has 0 unspecified atom stereocenters. The largest absolute Gasteiger partial charge is 0.399 e. The maximum absolute atomic E-state index is 7.96. The molecule has 3 nitrogen and oxygen atoms in total. The summed E-state index contributed by atoms with van der Waals surface area (Å²) in [7, 11) is 2.05. The molecule has 0 aromatic heterocycles. The molecule has 1 aliphatic heterocycles. The van der Waals surface area contributed by atoms with Crippen molar-refractivity contribution >= 4 is 67.4 Å². The minimum atomic E-state index is 0. The van der Waals surface area contributed by atoms with Crippen molar-refractivity contribution < 1.29 is 0 Å². The van der Waals surface area contributed by atoms with Gasteiger partial charge in [-0.2, -0.15) is 0 Å². The number of hydrogen-bond donors (Lipinski definition) is 2. The standard InChI is InChI=1S/C20H17N3.3BrH/c1-23-19-12-15(22)8-10-17(19)16-9-7-14(21)11-18(16)20(23)13-5-3-2-4-6-13;;;/h2-12,22H,21H2,1H3;3*1H. The van der Waals surface area contributed by atoms with Gasteiger partial charge in [-0.05, 0) is 35.2 Å². The van der Waals surface area contributed by atoms with Crippen molar-refractivity contribution in [2.75, 3.05) is 5.73 Å². The average Bonchev–Trinajstić information content (AvgIpc) is 2.56. The highest BCUT2D eigenvalue weighted by Crippen LogP contribution is 2.38. The second-order valence-electron chi connectivity index (χ2n) is 5.81. The van der Waals surface area contributed by atoms with Crippen LogP contribution in [0.4, 0.5) is 5.69 Å². The summed E-state index contributed by atoms with van der Waals surface area (Å²) in [5, 5.41) is 10.8. The van der Waals surface area contributed by atoms with Crippen molar-refractivity contribution in [2.24, 2.45) is 7.05 Å². The second-order valence-corrected chi connectivity index (χ2v) is 5.81. The summed E-state index contributed by atoms with van der Waals surface area (Å²) in [6, 6.07) is 22.1. The fraction of sp³-hybridized carbons (Fsp3) is 0.0500. The molecule has 0 bridgehead atoms. The van der Waals surface area contributed by atoms with Crippen LogP contribution in [-0.4, -0.2) is 4.57 Å². The van der Waals surface area contributed by atoms with Crippen LogP contribution >= 0.6 is 50.9 Å². The molecular weight excluding hydrogens is 522 g/mol. The SMILES string of the molecule is Br.Br.Br.Cn1c2cc(=N)ccc-2c2ccc(N)cc2c1-c1ccccc1. The van der Waals surface area contributed by atoms with Crippen LogP contribution < -0.4 is 11.1 Å². The quantitative estimate of drug-likeness (QED) is 0.234. The number of fused-ring (bicyclic) bond motifs is 3. The van der Waals surface area contributed by atoms with E-state index in [0.717, 1.165) is 39.0 Å². The molecule has 0 saturated heterocycles. The molecule has 136 valence electrons. The van der Waals surface area contributed by atoms with Crippen LogP contribution in [-0.2, 0) is 7.05 Å². The Morgan fingerprint density at radius 1 is 0.808 bits per heavy atom. The highest BCUT2D eigenvalue weighted by Gasteiger charge is 2.16. The van der Waals surface area contributed by atoms with Crippen LogP contribution in [0, 0.1) is 5.41 Å². The van der Waals surface area contributed by atoms with E-state index in [4.69, 9.17) is 11.1 Å². The predicted octanol–water partition coefficient (Wildman–Crippen LogP) is 5.75. The lowest BCUT2D eigenvalue weighted by atomic mass is 9.95. The van der Waals surface area contributed by atoms with E-state index in [1.54, 1.807) is 0 Å². The molecule has 1 aliphatic carbocycles. The average molecular weight is 542 g/mol. The van der Waals surface area contributed by atoms with Gasteiger partial charge in [-0.3, -0.25) is 0 Å². The Morgan fingerprint density at radius 3 is 2.19 bits per heavy atom. The van der Waals surface area contributed by atoms with Gasteiger partial charge in [-0.15, -0.1) is 50.9 Å². The fourth-order valence-electron chi connectivity index (χ4n) is 3.28. The Bertz CT molecular complexity index is 1060. The maximum Gasteiger partial charge on any atom is 0.0562 e. The third-order valence-corrected chi connectivity index (χ3v) is 4.33.